The van der Waals surface area contributed by atoms with Gasteiger partial charge in [-0.3, -0.25) is 9.59 Å². The standard InChI is InChI=1S/C20H19NO6S/c1-28(25,26)17-9-7-14(8-10-17)20(24)27-13-18(22)15-4-2-5-16(12-15)21-11-3-6-19(21)23/h2,4-5,7-10,12H,3,6,11,13H2,1H3. The van der Waals surface area contributed by atoms with Crippen LogP contribution in [0.15, 0.2) is 53.4 Å². The Morgan fingerprint density at radius 3 is 2.39 bits per heavy atom. The Bertz CT molecular complexity index is 1030. The fraction of sp³-hybridized carbons (Fsp3) is 0.250. The second-order valence-corrected chi connectivity index (χ2v) is 8.51. The van der Waals surface area contributed by atoms with Crippen LogP contribution in [0.1, 0.15) is 33.6 Å². The van der Waals surface area contributed by atoms with E-state index in [1.165, 1.54) is 24.3 Å². The Hall–Kier alpha value is -3.00. The summed E-state index contributed by atoms with van der Waals surface area (Å²) in [7, 11) is -3.36. The highest BCUT2D eigenvalue weighted by Gasteiger charge is 2.22. The van der Waals surface area contributed by atoms with Crippen LogP contribution in [0.5, 0.6) is 0 Å². The van der Waals surface area contributed by atoms with Crippen molar-refractivity contribution in [3.8, 4) is 0 Å². The van der Waals surface area contributed by atoms with E-state index in [1.54, 1.807) is 29.2 Å². The lowest BCUT2D eigenvalue weighted by Crippen LogP contribution is -2.24. The maximum Gasteiger partial charge on any atom is 0.338 e. The van der Waals surface area contributed by atoms with Crippen LogP contribution in [-0.4, -0.2) is 45.5 Å². The van der Waals surface area contributed by atoms with E-state index in [9.17, 15) is 22.8 Å². The van der Waals surface area contributed by atoms with Crippen LogP contribution in [0, 0.1) is 0 Å². The van der Waals surface area contributed by atoms with Gasteiger partial charge in [0.25, 0.3) is 0 Å². The monoisotopic (exact) mass is 401 g/mol. The van der Waals surface area contributed by atoms with E-state index in [1.807, 2.05) is 0 Å². The number of ketones is 1. The van der Waals surface area contributed by atoms with Gasteiger partial charge in [0.05, 0.1) is 10.5 Å². The lowest BCUT2D eigenvalue weighted by molar-refractivity contribution is -0.117. The maximum atomic E-state index is 12.4. The number of rotatable bonds is 6. The SMILES string of the molecule is CS(=O)(=O)c1ccc(C(=O)OCC(=O)c2cccc(N3CCCC3=O)c2)cc1. The van der Waals surface area contributed by atoms with Crippen molar-refractivity contribution in [2.45, 2.75) is 17.7 Å². The minimum atomic E-state index is -3.36. The van der Waals surface area contributed by atoms with Crippen LogP contribution in [-0.2, 0) is 19.4 Å². The molecule has 7 nitrogen and oxygen atoms in total. The molecule has 0 aromatic heterocycles. The van der Waals surface area contributed by atoms with Crippen LogP contribution >= 0.6 is 0 Å². The zero-order valence-corrected chi connectivity index (χ0v) is 16.1. The minimum Gasteiger partial charge on any atom is -0.454 e. The molecule has 146 valence electrons. The third-order valence-corrected chi connectivity index (χ3v) is 5.53. The molecule has 28 heavy (non-hydrogen) atoms. The number of benzene rings is 2. The topological polar surface area (TPSA) is 97.8 Å². The molecule has 1 fully saturated rings. The van der Waals surface area contributed by atoms with Gasteiger partial charge in [-0.15, -0.1) is 0 Å². The van der Waals surface area contributed by atoms with Crippen LogP contribution in [0.4, 0.5) is 5.69 Å². The number of hydrogen-bond donors (Lipinski definition) is 0. The minimum absolute atomic E-state index is 0.0218. The highest BCUT2D eigenvalue weighted by molar-refractivity contribution is 7.90. The molecule has 0 radical (unpaired) electrons. The Morgan fingerprint density at radius 2 is 1.79 bits per heavy atom. The summed E-state index contributed by atoms with van der Waals surface area (Å²) in [6, 6.07) is 11.9. The normalized spacial score (nSPS) is 14.2. The average molecular weight is 401 g/mol. The van der Waals surface area contributed by atoms with Crippen LogP contribution in [0.3, 0.4) is 0 Å². The zero-order chi connectivity index (χ0) is 20.3. The molecular formula is C20H19NO6S. The van der Waals surface area contributed by atoms with Crippen molar-refractivity contribution >= 4 is 33.2 Å². The molecule has 0 atom stereocenters. The summed E-state index contributed by atoms with van der Waals surface area (Å²) in [5.74, 6) is -1.09. The quantitative estimate of drug-likeness (QED) is 0.544. The van der Waals surface area contributed by atoms with Gasteiger partial charge in [0.15, 0.2) is 22.2 Å². The number of amides is 1. The Labute approximate surface area is 162 Å². The van der Waals surface area contributed by atoms with E-state index >= 15 is 0 Å². The zero-order valence-electron chi connectivity index (χ0n) is 15.3. The molecule has 0 saturated carbocycles. The van der Waals surface area contributed by atoms with E-state index in [0.29, 0.717) is 24.2 Å². The predicted molar refractivity (Wildman–Crippen MR) is 102 cm³/mol. The number of carbonyl (C=O) groups excluding carboxylic acids is 3. The summed E-state index contributed by atoms with van der Waals surface area (Å²) in [5.41, 5.74) is 1.14. The highest BCUT2D eigenvalue weighted by atomic mass is 32.2. The van der Waals surface area contributed by atoms with Crippen molar-refractivity contribution in [1.29, 1.82) is 0 Å². The van der Waals surface area contributed by atoms with Gasteiger partial charge in [0, 0.05) is 30.5 Å². The van der Waals surface area contributed by atoms with Crippen molar-refractivity contribution < 1.29 is 27.5 Å². The molecule has 3 rings (SSSR count). The lowest BCUT2D eigenvalue weighted by atomic mass is 10.1. The molecule has 1 amide bonds. The number of anilines is 1. The number of hydrogen-bond acceptors (Lipinski definition) is 6. The molecule has 2 aromatic rings. The predicted octanol–water partition coefficient (Wildman–Crippen LogP) is 2.26. The third-order valence-electron chi connectivity index (χ3n) is 4.41. The summed E-state index contributed by atoms with van der Waals surface area (Å²) < 4.78 is 27.9. The molecule has 0 bridgehead atoms. The summed E-state index contributed by atoms with van der Waals surface area (Å²) in [6.45, 7) is 0.166. The first kappa shape index (κ1) is 19.8. The van der Waals surface area contributed by atoms with Gasteiger partial charge in [0.2, 0.25) is 5.91 Å². The van der Waals surface area contributed by atoms with E-state index in [2.05, 4.69) is 0 Å². The van der Waals surface area contributed by atoms with Crippen molar-refractivity contribution in [2.75, 3.05) is 24.3 Å². The summed E-state index contributed by atoms with van der Waals surface area (Å²) in [6.07, 6.45) is 2.35. The second kappa shape index (κ2) is 7.93. The second-order valence-electron chi connectivity index (χ2n) is 6.50. The van der Waals surface area contributed by atoms with Crippen LogP contribution in [0.2, 0.25) is 0 Å². The van der Waals surface area contributed by atoms with Gasteiger partial charge in [-0.1, -0.05) is 12.1 Å². The third kappa shape index (κ3) is 4.45. The first-order valence-corrected chi connectivity index (χ1v) is 10.6. The number of nitrogens with zero attached hydrogens (tertiary/aromatic N) is 1. The molecule has 8 heteroatoms. The smallest absolute Gasteiger partial charge is 0.338 e. The molecule has 0 aliphatic carbocycles. The summed E-state index contributed by atoms with van der Waals surface area (Å²) >= 11 is 0. The molecule has 1 heterocycles. The Kier molecular flexibility index (Phi) is 5.60. The van der Waals surface area contributed by atoms with E-state index in [0.717, 1.165) is 12.7 Å². The first-order chi connectivity index (χ1) is 13.3. The summed E-state index contributed by atoms with van der Waals surface area (Å²) in [4.78, 5) is 38.0. The molecule has 0 N–H and O–H groups in total. The van der Waals surface area contributed by atoms with Gasteiger partial charge in [-0.25, -0.2) is 13.2 Å². The highest BCUT2D eigenvalue weighted by Crippen LogP contribution is 2.22. The fourth-order valence-corrected chi connectivity index (χ4v) is 3.53. The van der Waals surface area contributed by atoms with Crippen molar-refractivity contribution in [3.63, 3.8) is 0 Å². The van der Waals surface area contributed by atoms with E-state index < -0.39 is 28.2 Å². The Balaban J connectivity index is 1.64. The van der Waals surface area contributed by atoms with Gasteiger partial charge >= 0.3 is 5.97 Å². The maximum absolute atomic E-state index is 12.4. The largest absolute Gasteiger partial charge is 0.454 e. The average Bonchev–Trinajstić information content (AvgIpc) is 3.11. The van der Waals surface area contributed by atoms with E-state index in [-0.39, 0.29) is 16.4 Å². The molecule has 1 aliphatic heterocycles. The van der Waals surface area contributed by atoms with Gasteiger partial charge in [-0.05, 0) is 42.8 Å². The number of Topliss-reactive ketones (excluding diaryl/α,β-unsaturated/α-hetero) is 1. The summed E-state index contributed by atoms with van der Waals surface area (Å²) in [5, 5.41) is 0. The van der Waals surface area contributed by atoms with Gasteiger partial charge in [0.1, 0.15) is 0 Å². The molecule has 0 unspecified atom stereocenters. The number of carbonyl (C=O) groups is 3. The van der Waals surface area contributed by atoms with Crippen molar-refractivity contribution in [2.24, 2.45) is 0 Å². The Morgan fingerprint density at radius 1 is 1.07 bits per heavy atom. The molecule has 2 aromatic carbocycles. The lowest BCUT2D eigenvalue weighted by Gasteiger charge is -2.16. The molecule has 1 aliphatic rings. The molecule has 1 saturated heterocycles. The van der Waals surface area contributed by atoms with Gasteiger partial charge in [-0.2, -0.15) is 0 Å². The van der Waals surface area contributed by atoms with Crippen LogP contribution < -0.4 is 4.90 Å². The fourth-order valence-electron chi connectivity index (χ4n) is 2.90. The van der Waals surface area contributed by atoms with Crippen molar-refractivity contribution in [3.05, 3.63) is 59.7 Å². The number of ether oxygens (including phenoxy) is 1. The molecule has 0 spiro atoms. The van der Waals surface area contributed by atoms with Crippen LogP contribution in [0.25, 0.3) is 0 Å². The number of sulfone groups is 1. The van der Waals surface area contributed by atoms with Gasteiger partial charge < -0.3 is 9.64 Å². The first-order valence-electron chi connectivity index (χ1n) is 8.66. The van der Waals surface area contributed by atoms with Crippen molar-refractivity contribution in [1.82, 2.24) is 0 Å². The number of esters is 1. The van der Waals surface area contributed by atoms with E-state index in [4.69, 9.17) is 4.74 Å². The molecular weight excluding hydrogens is 382 g/mol.